The van der Waals surface area contributed by atoms with Gasteiger partial charge in [0, 0.05) is 18.3 Å². The van der Waals surface area contributed by atoms with Crippen molar-refractivity contribution in [1.29, 1.82) is 0 Å². The summed E-state index contributed by atoms with van der Waals surface area (Å²) in [4.78, 5) is 43.8. The minimum atomic E-state index is -1.63. The standard InChI is InChI=1S/C14H7Cl4N3O4/c15-8-6-7(9(16)11(18)10(8)17)13(23)21(12(6)22)5(14(24)25)1-4-2-19-3-20-4/h2-3,5H,1H2,(H,19,20)(H,24,25)/p-1/t5-/m1/s1. The first-order valence-electron chi connectivity index (χ1n) is 6.67. The van der Waals surface area contributed by atoms with Crippen LogP contribution in [0.2, 0.25) is 20.1 Å². The van der Waals surface area contributed by atoms with Crippen molar-refractivity contribution in [3.8, 4) is 0 Å². The normalized spacial score (nSPS) is 14.8. The Bertz CT molecular complexity index is 867. The second kappa shape index (κ2) is 6.49. The molecule has 0 saturated heterocycles. The van der Waals surface area contributed by atoms with Crippen LogP contribution in [0, 0.1) is 0 Å². The second-order valence-electron chi connectivity index (χ2n) is 5.10. The molecule has 1 aromatic carbocycles. The molecule has 2 heterocycles. The highest BCUT2D eigenvalue weighted by molar-refractivity contribution is 6.55. The van der Waals surface area contributed by atoms with Crippen LogP contribution in [0.25, 0.3) is 0 Å². The summed E-state index contributed by atoms with van der Waals surface area (Å²) < 4.78 is 0. The first-order chi connectivity index (χ1) is 11.8. The molecule has 1 aliphatic heterocycles. The molecule has 0 saturated carbocycles. The van der Waals surface area contributed by atoms with Crippen LogP contribution < -0.4 is 5.11 Å². The zero-order valence-electron chi connectivity index (χ0n) is 12.0. The Kier molecular flexibility index (Phi) is 4.68. The van der Waals surface area contributed by atoms with Gasteiger partial charge in [-0.1, -0.05) is 46.4 Å². The van der Waals surface area contributed by atoms with Crippen LogP contribution in [0.3, 0.4) is 0 Å². The van der Waals surface area contributed by atoms with E-state index in [9.17, 15) is 19.5 Å². The quantitative estimate of drug-likeness (QED) is 0.461. The summed E-state index contributed by atoms with van der Waals surface area (Å²) in [5.41, 5.74) is -0.192. The minimum absolute atomic E-state index is 0.200. The highest BCUT2D eigenvalue weighted by atomic mass is 35.5. The lowest BCUT2D eigenvalue weighted by molar-refractivity contribution is -0.310. The molecule has 25 heavy (non-hydrogen) atoms. The molecule has 1 N–H and O–H groups in total. The van der Waals surface area contributed by atoms with Gasteiger partial charge in [-0.2, -0.15) is 0 Å². The molecule has 11 heteroatoms. The van der Waals surface area contributed by atoms with Gasteiger partial charge >= 0.3 is 0 Å². The van der Waals surface area contributed by atoms with Crippen molar-refractivity contribution in [3.63, 3.8) is 0 Å². The van der Waals surface area contributed by atoms with Gasteiger partial charge in [0.05, 0.1) is 49.6 Å². The number of carbonyl (C=O) groups is 3. The fraction of sp³-hybridized carbons (Fsp3) is 0.143. The van der Waals surface area contributed by atoms with Crippen molar-refractivity contribution < 1.29 is 19.5 Å². The molecule has 0 radical (unpaired) electrons. The number of imide groups is 1. The molecule has 1 aliphatic rings. The molecule has 0 fully saturated rings. The zero-order chi connectivity index (χ0) is 18.5. The Hall–Kier alpha value is -1.80. The summed E-state index contributed by atoms with van der Waals surface area (Å²) in [7, 11) is 0. The Balaban J connectivity index is 2.11. The van der Waals surface area contributed by atoms with E-state index >= 15 is 0 Å². The number of fused-ring (bicyclic) bond motifs is 1. The Morgan fingerprint density at radius 1 is 1.08 bits per heavy atom. The largest absolute Gasteiger partial charge is 0.548 e. The molecule has 2 amide bonds. The van der Waals surface area contributed by atoms with Crippen molar-refractivity contribution in [3.05, 3.63) is 49.4 Å². The number of aliphatic carboxylic acids is 1. The van der Waals surface area contributed by atoms with Crippen LogP contribution in [-0.4, -0.2) is 38.7 Å². The molecule has 1 atom stereocenters. The molecule has 0 aliphatic carbocycles. The van der Waals surface area contributed by atoms with Crippen molar-refractivity contribution in [2.75, 3.05) is 0 Å². The number of H-pyrrole nitrogens is 1. The SMILES string of the molecule is O=C([O-])[C@@H](Cc1cnc[nH]1)N1C(=O)c2c(Cl)c(Cl)c(Cl)c(Cl)c2C1=O. The molecule has 130 valence electrons. The van der Waals surface area contributed by atoms with Crippen molar-refractivity contribution in [1.82, 2.24) is 14.9 Å². The summed E-state index contributed by atoms with van der Waals surface area (Å²) in [5, 5.41) is 10.6. The Labute approximate surface area is 160 Å². The monoisotopic (exact) mass is 420 g/mol. The number of rotatable bonds is 4. The topological polar surface area (TPSA) is 106 Å². The van der Waals surface area contributed by atoms with Gasteiger partial charge in [0.2, 0.25) is 0 Å². The number of hydrogen-bond donors (Lipinski definition) is 1. The van der Waals surface area contributed by atoms with Crippen LogP contribution in [0.15, 0.2) is 12.5 Å². The third kappa shape index (κ3) is 2.77. The molecular formula is C14H6Cl4N3O4-. The van der Waals surface area contributed by atoms with E-state index in [4.69, 9.17) is 46.4 Å². The number of amides is 2. The number of aromatic nitrogens is 2. The molecule has 0 unspecified atom stereocenters. The fourth-order valence-electron chi connectivity index (χ4n) is 2.53. The molecule has 0 bridgehead atoms. The van der Waals surface area contributed by atoms with E-state index in [0.717, 1.165) is 0 Å². The average molecular weight is 422 g/mol. The van der Waals surface area contributed by atoms with Crippen LogP contribution in [-0.2, 0) is 11.2 Å². The van der Waals surface area contributed by atoms with Gasteiger partial charge in [-0.25, -0.2) is 4.98 Å². The molecule has 2 aromatic rings. The number of imidazole rings is 1. The first-order valence-corrected chi connectivity index (χ1v) is 8.18. The van der Waals surface area contributed by atoms with Gasteiger partial charge in [-0.05, 0) is 0 Å². The lowest BCUT2D eigenvalue weighted by atomic mass is 10.1. The number of carboxylic acid groups (broad SMARTS) is 1. The summed E-state index contributed by atoms with van der Waals surface area (Å²) >= 11 is 23.9. The average Bonchev–Trinajstić information content (AvgIpc) is 3.15. The van der Waals surface area contributed by atoms with Crippen molar-refractivity contribution in [2.45, 2.75) is 12.5 Å². The van der Waals surface area contributed by atoms with Gasteiger partial charge in [0.25, 0.3) is 11.8 Å². The van der Waals surface area contributed by atoms with E-state index in [-0.39, 0.29) is 37.6 Å². The highest BCUT2D eigenvalue weighted by Crippen LogP contribution is 2.45. The number of aromatic amines is 1. The van der Waals surface area contributed by atoms with Gasteiger partial charge in [-0.15, -0.1) is 0 Å². The van der Waals surface area contributed by atoms with Crippen LogP contribution in [0.1, 0.15) is 26.4 Å². The summed E-state index contributed by atoms with van der Waals surface area (Å²) in [6, 6.07) is -1.60. The summed E-state index contributed by atoms with van der Waals surface area (Å²) in [6.07, 6.45) is 2.46. The van der Waals surface area contributed by atoms with Gasteiger partial charge < -0.3 is 14.9 Å². The van der Waals surface area contributed by atoms with E-state index in [0.29, 0.717) is 10.6 Å². The lowest BCUT2D eigenvalue weighted by Gasteiger charge is -2.26. The van der Waals surface area contributed by atoms with Crippen molar-refractivity contribution in [2.24, 2.45) is 0 Å². The second-order valence-corrected chi connectivity index (χ2v) is 6.61. The number of nitrogens with zero attached hydrogens (tertiary/aromatic N) is 2. The smallest absolute Gasteiger partial charge is 0.263 e. The van der Waals surface area contributed by atoms with Crippen LogP contribution in [0.4, 0.5) is 0 Å². The van der Waals surface area contributed by atoms with Crippen LogP contribution >= 0.6 is 46.4 Å². The zero-order valence-corrected chi connectivity index (χ0v) is 15.0. The van der Waals surface area contributed by atoms with Crippen molar-refractivity contribution >= 4 is 64.2 Å². The third-order valence-corrected chi connectivity index (χ3v) is 5.49. The molecule has 7 nitrogen and oxygen atoms in total. The molecule has 0 spiro atoms. The van der Waals surface area contributed by atoms with E-state index in [1.165, 1.54) is 12.5 Å². The predicted octanol–water partition coefficient (Wildman–Crippen LogP) is 1.98. The molecule has 3 rings (SSSR count). The Morgan fingerprint density at radius 3 is 2.00 bits per heavy atom. The van der Waals surface area contributed by atoms with Gasteiger partial charge in [0.1, 0.15) is 0 Å². The number of carbonyl (C=O) groups excluding carboxylic acids is 3. The van der Waals surface area contributed by atoms with E-state index in [2.05, 4.69) is 9.97 Å². The number of carboxylic acids is 1. The van der Waals surface area contributed by atoms with Gasteiger partial charge in [0.15, 0.2) is 0 Å². The third-order valence-electron chi connectivity index (χ3n) is 3.68. The van der Waals surface area contributed by atoms with E-state index < -0.39 is 23.8 Å². The summed E-state index contributed by atoms with van der Waals surface area (Å²) in [6.45, 7) is 0. The fourth-order valence-corrected chi connectivity index (χ4v) is 3.55. The van der Waals surface area contributed by atoms with E-state index in [1.54, 1.807) is 0 Å². The predicted molar refractivity (Wildman–Crippen MR) is 88.1 cm³/mol. The van der Waals surface area contributed by atoms with Crippen LogP contribution in [0.5, 0.6) is 0 Å². The molecule has 1 aromatic heterocycles. The maximum atomic E-state index is 12.7. The Morgan fingerprint density at radius 2 is 1.60 bits per heavy atom. The number of hydrogen-bond acceptors (Lipinski definition) is 5. The van der Waals surface area contributed by atoms with Gasteiger partial charge in [-0.3, -0.25) is 14.5 Å². The maximum Gasteiger partial charge on any atom is 0.263 e. The summed E-state index contributed by atoms with van der Waals surface area (Å²) in [5.74, 6) is -3.52. The number of benzene rings is 1. The minimum Gasteiger partial charge on any atom is -0.548 e. The highest BCUT2D eigenvalue weighted by Gasteiger charge is 2.45. The van der Waals surface area contributed by atoms with E-state index in [1.807, 2.05) is 0 Å². The number of halogens is 4. The molecular weight excluding hydrogens is 416 g/mol. The maximum absolute atomic E-state index is 12.7. The first kappa shape index (κ1) is 18.0. The number of nitrogens with one attached hydrogen (secondary N) is 1. The lowest BCUT2D eigenvalue weighted by Crippen LogP contribution is -2.51.